The Morgan fingerprint density at radius 3 is 3.12 bits per heavy atom. The van der Waals surface area contributed by atoms with Gasteiger partial charge in [-0.05, 0) is 25.4 Å². The molecule has 0 aliphatic carbocycles. The van der Waals surface area contributed by atoms with E-state index >= 15 is 0 Å². The maximum atomic E-state index is 5.50. The number of anilines is 3. The van der Waals surface area contributed by atoms with Gasteiger partial charge in [-0.25, -0.2) is 9.97 Å². The molecule has 0 radical (unpaired) electrons. The monoisotopic (exact) mass is 377 g/mol. The van der Waals surface area contributed by atoms with Gasteiger partial charge in [0, 0.05) is 31.0 Å². The fourth-order valence-electron chi connectivity index (χ4n) is 2.82. The largest absolute Gasteiger partial charge is 0.380 e. The number of aromatic amines is 1. The molecule has 0 aromatic carbocycles. The average Bonchev–Trinajstić information content (AvgIpc) is 3.30. The summed E-state index contributed by atoms with van der Waals surface area (Å²) in [5.74, 6) is 1.62. The molecule has 4 heterocycles. The highest BCUT2D eigenvalue weighted by Gasteiger charge is 2.25. The molecular formula is C15H19N7OS2. The van der Waals surface area contributed by atoms with Gasteiger partial charge in [0.2, 0.25) is 5.95 Å². The quantitative estimate of drug-likeness (QED) is 0.638. The van der Waals surface area contributed by atoms with Crippen molar-refractivity contribution in [2.45, 2.75) is 20.3 Å². The van der Waals surface area contributed by atoms with Crippen LogP contribution in [0.15, 0.2) is 6.20 Å². The Morgan fingerprint density at radius 1 is 1.40 bits per heavy atom. The summed E-state index contributed by atoms with van der Waals surface area (Å²) in [4.78, 5) is 12.6. The zero-order chi connectivity index (χ0) is 17.2. The van der Waals surface area contributed by atoms with Crippen molar-refractivity contribution in [1.29, 1.82) is 0 Å². The first-order valence-corrected chi connectivity index (χ1v) is 9.77. The van der Waals surface area contributed by atoms with Gasteiger partial charge in [0.15, 0.2) is 5.13 Å². The molecule has 3 aromatic heterocycles. The number of H-pyrrole nitrogens is 1. The van der Waals surface area contributed by atoms with Crippen LogP contribution in [0.25, 0.3) is 11.3 Å². The second kappa shape index (κ2) is 7.06. The van der Waals surface area contributed by atoms with Gasteiger partial charge in [-0.2, -0.15) is 9.47 Å². The summed E-state index contributed by atoms with van der Waals surface area (Å²) in [7, 11) is 0. The summed E-state index contributed by atoms with van der Waals surface area (Å²) in [5.41, 5.74) is 2.03. The van der Waals surface area contributed by atoms with Crippen molar-refractivity contribution in [3.63, 3.8) is 0 Å². The number of ether oxygens (including phenoxy) is 1. The Labute approximate surface area is 153 Å². The minimum atomic E-state index is 0.608. The van der Waals surface area contributed by atoms with Crippen molar-refractivity contribution in [3.8, 4) is 11.3 Å². The van der Waals surface area contributed by atoms with Crippen molar-refractivity contribution >= 4 is 39.8 Å². The predicted octanol–water partition coefficient (Wildman–Crippen LogP) is 2.84. The lowest BCUT2D eigenvalue weighted by atomic mass is 10.2. The molecule has 1 aliphatic rings. The highest BCUT2D eigenvalue weighted by molar-refractivity contribution is 7.16. The minimum absolute atomic E-state index is 0.608. The Balaban J connectivity index is 1.59. The summed E-state index contributed by atoms with van der Waals surface area (Å²) in [6.07, 6.45) is 2.79. The summed E-state index contributed by atoms with van der Waals surface area (Å²) in [5, 5.41) is 12.3. The van der Waals surface area contributed by atoms with Crippen LogP contribution in [0.2, 0.25) is 0 Å². The van der Waals surface area contributed by atoms with Crippen LogP contribution in [0.3, 0.4) is 0 Å². The third kappa shape index (κ3) is 3.37. The van der Waals surface area contributed by atoms with Crippen LogP contribution in [0.5, 0.6) is 0 Å². The Hall–Kier alpha value is -2.04. The molecule has 4 rings (SSSR count). The van der Waals surface area contributed by atoms with E-state index in [1.54, 1.807) is 11.3 Å². The number of fused-ring (bicyclic) bond motifs is 3. The third-order valence-electron chi connectivity index (χ3n) is 3.95. The van der Waals surface area contributed by atoms with Crippen LogP contribution in [0, 0.1) is 6.92 Å². The van der Waals surface area contributed by atoms with Crippen LogP contribution in [-0.2, 0) is 11.2 Å². The standard InChI is InChI=1S/C15H19N7OS2/c1-3-23-7-6-22-5-4-11-12(10-8-16-20-13(10)22)18-15(24-11)19-14-17-9(2)25-21-14/h8H,3-7H2,1-2H3,(H,16,20)(H,18,19,21). The summed E-state index contributed by atoms with van der Waals surface area (Å²) in [6, 6.07) is 0. The van der Waals surface area contributed by atoms with Crippen LogP contribution in [-0.4, -0.2) is 50.8 Å². The SMILES string of the molecule is CCOCCN1CCc2sc(Nc3nsc(C)n3)nc2-c2cn[nH]c21. The van der Waals surface area contributed by atoms with Crippen molar-refractivity contribution in [2.24, 2.45) is 0 Å². The number of nitrogens with zero attached hydrogens (tertiary/aromatic N) is 5. The van der Waals surface area contributed by atoms with E-state index in [0.29, 0.717) is 12.6 Å². The molecule has 3 aromatic rings. The van der Waals surface area contributed by atoms with Gasteiger partial charge in [0.25, 0.3) is 0 Å². The first-order valence-electron chi connectivity index (χ1n) is 8.18. The summed E-state index contributed by atoms with van der Waals surface area (Å²) >= 11 is 3.03. The molecule has 25 heavy (non-hydrogen) atoms. The number of rotatable bonds is 6. The predicted molar refractivity (Wildman–Crippen MR) is 100 cm³/mol. The van der Waals surface area contributed by atoms with Gasteiger partial charge in [0.1, 0.15) is 10.8 Å². The van der Waals surface area contributed by atoms with E-state index in [1.165, 1.54) is 16.4 Å². The van der Waals surface area contributed by atoms with Gasteiger partial charge in [-0.3, -0.25) is 10.4 Å². The molecule has 0 saturated heterocycles. The fourth-order valence-corrected chi connectivity index (χ4v) is 4.21. The smallest absolute Gasteiger partial charge is 0.241 e. The van der Waals surface area contributed by atoms with E-state index in [-0.39, 0.29) is 0 Å². The molecule has 0 spiro atoms. The molecule has 8 nitrogen and oxygen atoms in total. The van der Waals surface area contributed by atoms with Gasteiger partial charge in [-0.1, -0.05) is 0 Å². The maximum absolute atomic E-state index is 5.50. The second-order valence-corrected chi connectivity index (χ2v) is 7.66. The van der Waals surface area contributed by atoms with E-state index in [2.05, 4.69) is 29.8 Å². The molecule has 1 aliphatic heterocycles. The van der Waals surface area contributed by atoms with Gasteiger partial charge in [0.05, 0.1) is 24.1 Å². The lowest BCUT2D eigenvalue weighted by Gasteiger charge is -2.21. The van der Waals surface area contributed by atoms with E-state index in [1.807, 2.05) is 20.0 Å². The molecule has 0 amide bonds. The number of thiazole rings is 1. The lowest BCUT2D eigenvalue weighted by molar-refractivity contribution is 0.154. The number of hydrogen-bond acceptors (Lipinski definition) is 9. The van der Waals surface area contributed by atoms with E-state index in [4.69, 9.17) is 9.72 Å². The molecule has 10 heteroatoms. The summed E-state index contributed by atoms with van der Waals surface area (Å²) < 4.78 is 9.77. The maximum Gasteiger partial charge on any atom is 0.241 e. The topological polar surface area (TPSA) is 91.8 Å². The molecule has 0 fully saturated rings. The second-order valence-electron chi connectivity index (χ2n) is 5.62. The van der Waals surface area contributed by atoms with Crippen molar-refractivity contribution in [3.05, 3.63) is 16.1 Å². The van der Waals surface area contributed by atoms with Gasteiger partial charge in [-0.15, -0.1) is 11.3 Å². The molecule has 0 unspecified atom stereocenters. The van der Waals surface area contributed by atoms with Crippen molar-refractivity contribution in [1.82, 2.24) is 24.5 Å². The van der Waals surface area contributed by atoms with Gasteiger partial charge >= 0.3 is 0 Å². The third-order valence-corrected chi connectivity index (χ3v) is 5.60. The van der Waals surface area contributed by atoms with Crippen LogP contribution in [0.4, 0.5) is 16.9 Å². The molecule has 0 atom stereocenters. The molecule has 132 valence electrons. The Bertz CT molecular complexity index is 856. The molecule has 2 N–H and O–H groups in total. The minimum Gasteiger partial charge on any atom is -0.380 e. The molecule has 0 saturated carbocycles. The number of aryl methyl sites for hydroxylation is 1. The van der Waals surface area contributed by atoms with Gasteiger partial charge < -0.3 is 9.64 Å². The van der Waals surface area contributed by atoms with Crippen LogP contribution < -0.4 is 10.2 Å². The van der Waals surface area contributed by atoms with Crippen molar-refractivity contribution in [2.75, 3.05) is 36.5 Å². The van der Waals surface area contributed by atoms with Crippen LogP contribution >= 0.6 is 22.9 Å². The zero-order valence-corrected chi connectivity index (χ0v) is 15.7. The van der Waals surface area contributed by atoms with E-state index < -0.39 is 0 Å². The fraction of sp³-hybridized carbons (Fsp3) is 0.467. The summed E-state index contributed by atoms with van der Waals surface area (Å²) in [6.45, 7) is 7.14. The van der Waals surface area contributed by atoms with E-state index in [9.17, 15) is 0 Å². The lowest BCUT2D eigenvalue weighted by Crippen LogP contribution is -2.29. The zero-order valence-electron chi connectivity index (χ0n) is 14.1. The van der Waals surface area contributed by atoms with Crippen LogP contribution in [0.1, 0.15) is 16.8 Å². The molecule has 0 bridgehead atoms. The average molecular weight is 377 g/mol. The Morgan fingerprint density at radius 2 is 2.32 bits per heavy atom. The highest BCUT2D eigenvalue weighted by Crippen LogP contribution is 2.39. The Kier molecular flexibility index (Phi) is 4.64. The van der Waals surface area contributed by atoms with E-state index in [0.717, 1.165) is 53.3 Å². The number of nitrogens with one attached hydrogen (secondary N) is 2. The number of aromatic nitrogens is 5. The number of hydrogen-bond donors (Lipinski definition) is 2. The first-order chi connectivity index (χ1) is 12.2. The van der Waals surface area contributed by atoms with Crippen molar-refractivity contribution < 1.29 is 4.74 Å². The highest BCUT2D eigenvalue weighted by atomic mass is 32.1. The first kappa shape index (κ1) is 16.4. The normalized spacial score (nSPS) is 13.4. The molecular weight excluding hydrogens is 358 g/mol.